The molecule has 0 amide bonds. The van der Waals surface area contributed by atoms with Crippen molar-refractivity contribution in [2.45, 2.75) is 18.7 Å². The van der Waals surface area contributed by atoms with Crippen LogP contribution in [0.3, 0.4) is 0 Å². The maximum atomic E-state index is 12.4. The summed E-state index contributed by atoms with van der Waals surface area (Å²) in [5, 5.41) is 13.2. The molecule has 0 aliphatic rings. The van der Waals surface area contributed by atoms with Crippen LogP contribution in [0.15, 0.2) is 24.3 Å². The average molecular weight is 277 g/mol. The molecule has 2 N–H and O–H groups in total. The summed E-state index contributed by atoms with van der Waals surface area (Å²) >= 11 is 0. The summed E-state index contributed by atoms with van der Waals surface area (Å²) in [6.45, 7) is 2.85. The molecule has 1 rings (SSSR count). The largest absolute Gasteiger partial charge is 0.416 e. The SMILES string of the molecule is COCCNCC(C)(O)c1ccc(C(F)(F)F)cc1. The molecule has 108 valence electrons. The monoisotopic (exact) mass is 277 g/mol. The zero-order chi connectivity index (χ0) is 14.5. The Morgan fingerprint density at radius 3 is 2.16 bits per heavy atom. The van der Waals surface area contributed by atoms with Crippen molar-refractivity contribution in [3.8, 4) is 0 Å². The number of rotatable bonds is 6. The molecule has 0 aliphatic carbocycles. The Kier molecular flexibility index (Phi) is 5.34. The van der Waals surface area contributed by atoms with Crippen LogP contribution in [0.25, 0.3) is 0 Å². The second-order valence-electron chi connectivity index (χ2n) is 4.52. The third-order valence-corrected chi connectivity index (χ3v) is 2.79. The molecule has 1 aromatic carbocycles. The van der Waals surface area contributed by atoms with Gasteiger partial charge < -0.3 is 15.2 Å². The van der Waals surface area contributed by atoms with Gasteiger partial charge in [0, 0.05) is 20.2 Å². The molecule has 0 fully saturated rings. The lowest BCUT2D eigenvalue weighted by atomic mass is 9.95. The van der Waals surface area contributed by atoms with E-state index in [0.717, 1.165) is 12.1 Å². The molecule has 19 heavy (non-hydrogen) atoms. The summed E-state index contributed by atoms with van der Waals surface area (Å²) in [6.07, 6.45) is -4.36. The smallest absolute Gasteiger partial charge is 0.384 e. The van der Waals surface area contributed by atoms with E-state index in [1.165, 1.54) is 12.1 Å². The molecule has 0 aromatic heterocycles. The van der Waals surface area contributed by atoms with Crippen molar-refractivity contribution >= 4 is 0 Å². The van der Waals surface area contributed by atoms with Crippen LogP contribution in [0.1, 0.15) is 18.1 Å². The van der Waals surface area contributed by atoms with E-state index in [4.69, 9.17) is 4.74 Å². The highest BCUT2D eigenvalue weighted by Crippen LogP contribution is 2.30. The minimum atomic E-state index is -4.36. The van der Waals surface area contributed by atoms with Crippen LogP contribution in [0.4, 0.5) is 13.2 Å². The highest BCUT2D eigenvalue weighted by atomic mass is 19.4. The fourth-order valence-electron chi connectivity index (χ4n) is 1.63. The lowest BCUT2D eigenvalue weighted by molar-refractivity contribution is -0.137. The van der Waals surface area contributed by atoms with Crippen LogP contribution in [0.2, 0.25) is 0 Å². The first-order valence-electron chi connectivity index (χ1n) is 5.87. The van der Waals surface area contributed by atoms with Gasteiger partial charge in [0.1, 0.15) is 0 Å². The van der Waals surface area contributed by atoms with Crippen LogP contribution >= 0.6 is 0 Å². The number of alkyl halides is 3. The number of benzene rings is 1. The Hall–Kier alpha value is -1.11. The fraction of sp³-hybridized carbons (Fsp3) is 0.538. The van der Waals surface area contributed by atoms with Gasteiger partial charge in [0.25, 0.3) is 0 Å². The van der Waals surface area contributed by atoms with E-state index in [9.17, 15) is 18.3 Å². The number of ether oxygens (including phenoxy) is 1. The van der Waals surface area contributed by atoms with E-state index < -0.39 is 17.3 Å². The molecule has 0 bridgehead atoms. The molecule has 0 aliphatic heterocycles. The standard InChI is InChI=1S/C13H18F3NO2/c1-12(18,9-17-7-8-19-2)10-3-5-11(6-4-10)13(14,15)16/h3-6,17-18H,7-9H2,1-2H3. The van der Waals surface area contributed by atoms with Crippen LogP contribution in [-0.2, 0) is 16.5 Å². The molecule has 3 nitrogen and oxygen atoms in total. The summed E-state index contributed by atoms with van der Waals surface area (Å²) in [7, 11) is 1.57. The van der Waals surface area contributed by atoms with E-state index in [-0.39, 0.29) is 6.54 Å². The maximum absolute atomic E-state index is 12.4. The topological polar surface area (TPSA) is 41.5 Å². The molecule has 0 radical (unpaired) electrons. The minimum Gasteiger partial charge on any atom is -0.384 e. The Balaban J connectivity index is 2.68. The predicted octanol–water partition coefficient (Wildman–Crippen LogP) is 2.15. The summed E-state index contributed by atoms with van der Waals surface area (Å²) in [5.41, 5.74) is -1.51. The third-order valence-electron chi connectivity index (χ3n) is 2.79. The molecule has 0 saturated heterocycles. The van der Waals surface area contributed by atoms with Crippen molar-refractivity contribution in [3.05, 3.63) is 35.4 Å². The van der Waals surface area contributed by atoms with E-state index in [2.05, 4.69) is 5.32 Å². The van der Waals surface area contributed by atoms with E-state index >= 15 is 0 Å². The number of hydrogen-bond acceptors (Lipinski definition) is 3. The van der Waals surface area contributed by atoms with Gasteiger partial charge in [-0.25, -0.2) is 0 Å². The Morgan fingerprint density at radius 1 is 1.16 bits per heavy atom. The summed E-state index contributed by atoms with van der Waals surface area (Å²) in [5.74, 6) is 0. The molecular formula is C13H18F3NO2. The second kappa shape index (κ2) is 6.36. The average Bonchev–Trinajstić information content (AvgIpc) is 2.34. The van der Waals surface area contributed by atoms with Gasteiger partial charge in [0.15, 0.2) is 0 Å². The highest BCUT2D eigenvalue weighted by molar-refractivity contribution is 5.28. The lowest BCUT2D eigenvalue weighted by Gasteiger charge is -2.24. The maximum Gasteiger partial charge on any atom is 0.416 e. The van der Waals surface area contributed by atoms with Crippen LogP contribution < -0.4 is 5.32 Å². The number of methoxy groups -OCH3 is 1. The number of aliphatic hydroxyl groups is 1. The Bertz CT molecular complexity index is 388. The number of hydrogen-bond donors (Lipinski definition) is 2. The molecule has 0 saturated carbocycles. The number of nitrogens with one attached hydrogen (secondary N) is 1. The van der Waals surface area contributed by atoms with E-state index in [1.54, 1.807) is 14.0 Å². The summed E-state index contributed by atoms with van der Waals surface area (Å²) < 4.78 is 42.1. The first-order valence-corrected chi connectivity index (χ1v) is 5.87. The van der Waals surface area contributed by atoms with Gasteiger partial charge in [0.2, 0.25) is 0 Å². The van der Waals surface area contributed by atoms with Crippen molar-refractivity contribution in [1.82, 2.24) is 5.32 Å². The first kappa shape index (κ1) is 15.9. The normalized spacial score (nSPS) is 15.3. The van der Waals surface area contributed by atoms with Crippen LogP contribution in [-0.4, -0.2) is 31.9 Å². The van der Waals surface area contributed by atoms with Crippen LogP contribution in [0.5, 0.6) is 0 Å². The Morgan fingerprint density at radius 2 is 1.68 bits per heavy atom. The van der Waals surface area contributed by atoms with Gasteiger partial charge >= 0.3 is 6.18 Å². The van der Waals surface area contributed by atoms with Gasteiger partial charge in [0.05, 0.1) is 17.8 Å². The second-order valence-corrected chi connectivity index (χ2v) is 4.52. The fourth-order valence-corrected chi connectivity index (χ4v) is 1.63. The van der Waals surface area contributed by atoms with Crippen molar-refractivity contribution in [1.29, 1.82) is 0 Å². The number of halogens is 3. The molecule has 0 heterocycles. The van der Waals surface area contributed by atoms with Crippen molar-refractivity contribution in [3.63, 3.8) is 0 Å². The van der Waals surface area contributed by atoms with Crippen molar-refractivity contribution < 1.29 is 23.0 Å². The molecule has 6 heteroatoms. The lowest BCUT2D eigenvalue weighted by Crippen LogP contribution is -2.36. The van der Waals surface area contributed by atoms with E-state index in [0.29, 0.717) is 18.7 Å². The van der Waals surface area contributed by atoms with Crippen molar-refractivity contribution in [2.75, 3.05) is 26.8 Å². The Labute approximate surface area is 110 Å². The van der Waals surface area contributed by atoms with Crippen LogP contribution in [0, 0.1) is 0 Å². The molecular weight excluding hydrogens is 259 g/mol. The van der Waals surface area contributed by atoms with Gasteiger partial charge in [-0.05, 0) is 24.6 Å². The minimum absolute atomic E-state index is 0.238. The predicted molar refractivity (Wildman–Crippen MR) is 65.8 cm³/mol. The summed E-state index contributed by atoms with van der Waals surface area (Å²) in [4.78, 5) is 0. The van der Waals surface area contributed by atoms with Gasteiger partial charge in [-0.3, -0.25) is 0 Å². The zero-order valence-corrected chi connectivity index (χ0v) is 10.9. The zero-order valence-electron chi connectivity index (χ0n) is 10.9. The van der Waals surface area contributed by atoms with E-state index in [1.807, 2.05) is 0 Å². The van der Waals surface area contributed by atoms with Gasteiger partial charge in [-0.15, -0.1) is 0 Å². The molecule has 1 unspecified atom stereocenters. The highest BCUT2D eigenvalue weighted by Gasteiger charge is 2.31. The molecule has 1 atom stereocenters. The molecule has 1 aromatic rings. The van der Waals surface area contributed by atoms with Gasteiger partial charge in [-0.1, -0.05) is 12.1 Å². The van der Waals surface area contributed by atoms with Crippen molar-refractivity contribution in [2.24, 2.45) is 0 Å². The first-order chi connectivity index (χ1) is 8.77. The quantitative estimate of drug-likeness (QED) is 0.783. The summed E-state index contributed by atoms with van der Waals surface area (Å²) in [6, 6.07) is 4.53. The molecule has 0 spiro atoms. The third kappa shape index (κ3) is 4.81. The van der Waals surface area contributed by atoms with Gasteiger partial charge in [-0.2, -0.15) is 13.2 Å².